The molecule has 0 fully saturated rings. The van der Waals surface area contributed by atoms with Gasteiger partial charge in [-0.05, 0) is 65.2 Å². The third kappa shape index (κ3) is 4.18. The molecule has 1 aromatic heterocycles. The fourth-order valence-electron chi connectivity index (χ4n) is 1.92. The van der Waals surface area contributed by atoms with Gasteiger partial charge in [-0.1, -0.05) is 0 Å². The van der Waals surface area contributed by atoms with Crippen LogP contribution in [-0.2, 0) is 15.7 Å². The summed E-state index contributed by atoms with van der Waals surface area (Å²) in [4.78, 5) is 4.30. The van der Waals surface area contributed by atoms with E-state index in [0.717, 1.165) is 10.2 Å². The van der Waals surface area contributed by atoms with E-state index in [1.54, 1.807) is 20.0 Å². The average Bonchev–Trinajstić information content (AvgIpc) is 2.38. The topological polar surface area (TPSA) is 56.3 Å². The van der Waals surface area contributed by atoms with Crippen molar-refractivity contribution in [1.29, 1.82) is 0 Å². The molecule has 0 amide bonds. The molecule has 0 atom stereocenters. The van der Waals surface area contributed by atoms with Crippen molar-refractivity contribution in [3.63, 3.8) is 0 Å². The molecule has 2 aromatic rings. The van der Waals surface area contributed by atoms with Crippen LogP contribution in [0.25, 0.3) is 0 Å². The van der Waals surface area contributed by atoms with Crippen LogP contribution in [0.5, 0.6) is 5.75 Å². The van der Waals surface area contributed by atoms with Gasteiger partial charge in [0.1, 0.15) is 12.4 Å². The Morgan fingerprint density at radius 2 is 1.86 bits per heavy atom. The molecule has 0 saturated heterocycles. The van der Waals surface area contributed by atoms with Gasteiger partial charge in [-0.2, -0.15) is 0 Å². The van der Waals surface area contributed by atoms with Gasteiger partial charge in [0.2, 0.25) is 0 Å². The molecule has 1 heterocycles. The molecule has 4 nitrogen and oxygen atoms in total. The van der Waals surface area contributed by atoms with Crippen LogP contribution in [0.4, 0.5) is 0 Å². The lowest BCUT2D eigenvalue weighted by Crippen LogP contribution is -2.02. The maximum absolute atomic E-state index is 11.4. The van der Waals surface area contributed by atoms with Crippen LogP contribution in [0.2, 0.25) is 0 Å². The molecule has 21 heavy (non-hydrogen) atoms. The molecule has 1 aromatic carbocycles. The molecule has 2 rings (SSSR count). The highest BCUT2D eigenvalue weighted by atomic mass is 79.9. The third-order valence-corrected chi connectivity index (χ3v) is 4.67. The standard InChI is InChI=1S/C14H13BrClNO3S/c1-9-5-13(21(16,18)19)6-10(2)14(9)20-8-12-4-3-11(15)7-17-12/h3-7H,8H2,1-2H3. The molecule has 0 spiro atoms. The van der Waals surface area contributed by atoms with Gasteiger partial charge >= 0.3 is 0 Å². The average molecular weight is 391 g/mol. The summed E-state index contributed by atoms with van der Waals surface area (Å²) in [6, 6.07) is 6.74. The number of aryl methyl sites for hydroxylation is 2. The first-order valence-electron chi connectivity index (χ1n) is 6.06. The minimum Gasteiger partial charge on any atom is -0.487 e. The van der Waals surface area contributed by atoms with Crippen LogP contribution >= 0.6 is 26.6 Å². The molecule has 7 heteroatoms. The van der Waals surface area contributed by atoms with Crippen molar-refractivity contribution in [2.24, 2.45) is 0 Å². The summed E-state index contributed by atoms with van der Waals surface area (Å²) in [7, 11) is 1.62. The molecule has 112 valence electrons. The van der Waals surface area contributed by atoms with E-state index in [1.807, 2.05) is 12.1 Å². The van der Waals surface area contributed by atoms with Crippen LogP contribution in [0, 0.1) is 13.8 Å². The molecular weight excluding hydrogens is 378 g/mol. The van der Waals surface area contributed by atoms with E-state index in [4.69, 9.17) is 15.4 Å². The zero-order chi connectivity index (χ0) is 15.6. The number of ether oxygens (including phenoxy) is 1. The molecule has 0 aliphatic carbocycles. The number of nitrogens with zero attached hydrogens (tertiary/aromatic N) is 1. The Bertz CT molecular complexity index is 737. The van der Waals surface area contributed by atoms with E-state index in [1.165, 1.54) is 12.1 Å². The molecule has 0 radical (unpaired) electrons. The Balaban J connectivity index is 2.23. The van der Waals surface area contributed by atoms with Crippen molar-refractivity contribution in [2.45, 2.75) is 25.3 Å². The smallest absolute Gasteiger partial charge is 0.261 e. The number of pyridine rings is 1. The highest BCUT2D eigenvalue weighted by molar-refractivity contribution is 9.10. The van der Waals surface area contributed by atoms with E-state index >= 15 is 0 Å². The van der Waals surface area contributed by atoms with Crippen LogP contribution in [-0.4, -0.2) is 13.4 Å². The highest BCUT2D eigenvalue weighted by Gasteiger charge is 2.15. The second-order valence-corrected chi connectivity index (χ2v) is 8.06. The summed E-state index contributed by atoms with van der Waals surface area (Å²) in [5.74, 6) is 0.642. The molecule has 0 aliphatic rings. The first-order chi connectivity index (χ1) is 9.77. The van der Waals surface area contributed by atoms with Gasteiger partial charge in [-0.25, -0.2) is 8.42 Å². The molecule has 0 bridgehead atoms. The summed E-state index contributed by atoms with van der Waals surface area (Å²) in [6.07, 6.45) is 1.70. The Morgan fingerprint density at radius 1 is 1.24 bits per heavy atom. The number of benzene rings is 1. The van der Waals surface area contributed by atoms with E-state index in [9.17, 15) is 8.42 Å². The van der Waals surface area contributed by atoms with Crippen LogP contribution in [0.1, 0.15) is 16.8 Å². The summed E-state index contributed by atoms with van der Waals surface area (Å²) in [6.45, 7) is 3.87. The summed E-state index contributed by atoms with van der Waals surface area (Å²) < 4.78 is 29.4. The van der Waals surface area contributed by atoms with E-state index in [0.29, 0.717) is 23.5 Å². The van der Waals surface area contributed by atoms with E-state index < -0.39 is 9.05 Å². The minimum absolute atomic E-state index is 0.0771. The van der Waals surface area contributed by atoms with Gasteiger partial charge in [0.05, 0.1) is 10.6 Å². The predicted octanol–water partition coefficient (Wildman–Crippen LogP) is 3.97. The maximum atomic E-state index is 11.4. The van der Waals surface area contributed by atoms with E-state index in [2.05, 4.69) is 20.9 Å². The molecule has 0 unspecified atom stereocenters. The molecular formula is C14H13BrClNO3S. The molecule has 0 N–H and O–H groups in total. The quantitative estimate of drug-likeness (QED) is 0.741. The number of hydrogen-bond acceptors (Lipinski definition) is 4. The van der Waals surface area contributed by atoms with Crippen molar-refractivity contribution in [3.8, 4) is 5.75 Å². The van der Waals surface area contributed by atoms with Crippen molar-refractivity contribution in [1.82, 2.24) is 4.98 Å². The number of aromatic nitrogens is 1. The van der Waals surface area contributed by atoms with Crippen LogP contribution < -0.4 is 4.74 Å². The largest absolute Gasteiger partial charge is 0.487 e. The van der Waals surface area contributed by atoms with E-state index in [-0.39, 0.29) is 4.90 Å². The van der Waals surface area contributed by atoms with Crippen molar-refractivity contribution in [3.05, 3.63) is 51.8 Å². The number of halogens is 2. The zero-order valence-corrected chi connectivity index (χ0v) is 14.6. The number of hydrogen-bond donors (Lipinski definition) is 0. The molecule has 0 saturated carbocycles. The second kappa shape index (κ2) is 6.34. The zero-order valence-electron chi connectivity index (χ0n) is 11.4. The van der Waals surface area contributed by atoms with Gasteiger partial charge in [0.15, 0.2) is 0 Å². The van der Waals surface area contributed by atoms with Gasteiger partial charge < -0.3 is 4.74 Å². The fourth-order valence-corrected chi connectivity index (χ4v) is 3.05. The summed E-state index contributed by atoms with van der Waals surface area (Å²) >= 11 is 3.32. The predicted molar refractivity (Wildman–Crippen MR) is 85.2 cm³/mol. The Kier molecular flexibility index (Phi) is 4.91. The second-order valence-electron chi connectivity index (χ2n) is 4.58. The summed E-state index contributed by atoms with van der Waals surface area (Å²) in [5.41, 5.74) is 2.21. The minimum atomic E-state index is -3.74. The Labute approximate surface area is 136 Å². The van der Waals surface area contributed by atoms with Gasteiger partial charge in [-0.15, -0.1) is 0 Å². The lowest BCUT2D eigenvalue weighted by molar-refractivity contribution is 0.297. The SMILES string of the molecule is Cc1cc(S(=O)(=O)Cl)cc(C)c1OCc1ccc(Br)cn1. The van der Waals surface area contributed by atoms with Gasteiger partial charge in [-0.3, -0.25) is 4.98 Å². The van der Waals surface area contributed by atoms with Crippen LogP contribution in [0.15, 0.2) is 39.8 Å². The molecule has 0 aliphatic heterocycles. The van der Waals surface area contributed by atoms with Crippen molar-refractivity contribution in [2.75, 3.05) is 0 Å². The first kappa shape index (κ1) is 16.3. The maximum Gasteiger partial charge on any atom is 0.261 e. The lowest BCUT2D eigenvalue weighted by Gasteiger charge is -2.13. The number of rotatable bonds is 4. The first-order valence-corrected chi connectivity index (χ1v) is 9.17. The third-order valence-electron chi connectivity index (χ3n) is 2.87. The highest BCUT2D eigenvalue weighted by Crippen LogP contribution is 2.29. The van der Waals surface area contributed by atoms with Crippen LogP contribution in [0.3, 0.4) is 0 Å². The summed E-state index contributed by atoms with van der Waals surface area (Å²) in [5, 5.41) is 0. The Morgan fingerprint density at radius 3 is 2.33 bits per heavy atom. The van der Waals surface area contributed by atoms with Gasteiger partial charge in [0.25, 0.3) is 9.05 Å². The monoisotopic (exact) mass is 389 g/mol. The normalized spacial score (nSPS) is 11.4. The van der Waals surface area contributed by atoms with Gasteiger partial charge in [0, 0.05) is 21.4 Å². The van der Waals surface area contributed by atoms with Crippen molar-refractivity contribution >= 4 is 35.7 Å². The lowest BCUT2D eigenvalue weighted by atomic mass is 10.1. The van der Waals surface area contributed by atoms with Crippen molar-refractivity contribution < 1.29 is 13.2 Å². The fraction of sp³-hybridized carbons (Fsp3) is 0.214. The Hall–Kier alpha value is -1.11.